The number of pyridine rings is 1. The van der Waals surface area contributed by atoms with Crippen molar-refractivity contribution in [3.63, 3.8) is 0 Å². The van der Waals surface area contributed by atoms with Crippen molar-refractivity contribution >= 4 is 27.4 Å². The van der Waals surface area contributed by atoms with Crippen LogP contribution in [0.15, 0.2) is 28.9 Å². The fourth-order valence-corrected chi connectivity index (χ4v) is 2.31. The molecule has 18 heavy (non-hydrogen) atoms. The molecule has 0 aromatic carbocycles. The number of nitrogens with one attached hydrogen (secondary N) is 1. The zero-order chi connectivity index (χ0) is 13.0. The van der Waals surface area contributed by atoms with Gasteiger partial charge in [0.1, 0.15) is 0 Å². The average Bonchev–Trinajstić information content (AvgIpc) is 2.38. The first-order valence-electron chi connectivity index (χ1n) is 5.85. The van der Waals surface area contributed by atoms with Crippen LogP contribution < -0.4 is 5.32 Å². The third-order valence-electron chi connectivity index (χ3n) is 2.97. The van der Waals surface area contributed by atoms with Crippen LogP contribution in [0.3, 0.4) is 0 Å². The summed E-state index contributed by atoms with van der Waals surface area (Å²) in [6.45, 7) is 0.722. The van der Waals surface area contributed by atoms with Gasteiger partial charge in [-0.25, -0.2) is 4.98 Å². The van der Waals surface area contributed by atoms with E-state index in [2.05, 4.69) is 38.4 Å². The number of nitrogens with zero attached hydrogens (tertiary/aromatic N) is 2. The highest BCUT2D eigenvalue weighted by atomic mass is 79.9. The summed E-state index contributed by atoms with van der Waals surface area (Å²) < 4.78 is 0.611. The second kappa shape index (κ2) is 5.95. The molecule has 0 saturated heterocycles. The number of hydrogen-bond donors (Lipinski definition) is 1. The van der Waals surface area contributed by atoms with Crippen LogP contribution in [0.4, 0.5) is 11.5 Å². The number of allylic oxidation sites excluding steroid dienone is 2. The van der Waals surface area contributed by atoms with Gasteiger partial charge in [-0.15, -0.1) is 0 Å². The summed E-state index contributed by atoms with van der Waals surface area (Å²) in [5, 5.41) is 14.0. The largest absolute Gasteiger partial charge is 0.364 e. The van der Waals surface area contributed by atoms with Gasteiger partial charge < -0.3 is 5.32 Å². The number of rotatable bonds is 4. The first-order valence-corrected chi connectivity index (χ1v) is 6.65. The molecule has 0 bridgehead atoms. The first kappa shape index (κ1) is 13.0. The Balaban J connectivity index is 2.04. The molecule has 6 heteroatoms. The lowest BCUT2D eigenvalue weighted by Gasteiger charge is -2.18. The monoisotopic (exact) mass is 311 g/mol. The summed E-state index contributed by atoms with van der Waals surface area (Å²) in [6, 6.07) is 1.47. The summed E-state index contributed by atoms with van der Waals surface area (Å²) in [4.78, 5) is 14.6. The zero-order valence-electron chi connectivity index (χ0n) is 9.80. The Kier molecular flexibility index (Phi) is 4.30. The Labute approximate surface area is 114 Å². The number of aromatic nitrogens is 1. The molecule has 0 spiro atoms. The zero-order valence-corrected chi connectivity index (χ0v) is 11.4. The van der Waals surface area contributed by atoms with E-state index in [1.807, 2.05) is 0 Å². The SMILES string of the molecule is O=[N+]([O-])c1cc(Br)cnc1NCC1CC=CCC1. The Bertz CT molecular complexity index is 476. The number of halogens is 1. The maximum absolute atomic E-state index is 10.9. The maximum atomic E-state index is 10.9. The van der Waals surface area contributed by atoms with Crippen LogP contribution in [0.5, 0.6) is 0 Å². The maximum Gasteiger partial charge on any atom is 0.312 e. The van der Waals surface area contributed by atoms with E-state index in [4.69, 9.17) is 0 Å². The van der Waals surface area contributed by atoms with Crippen molar-refractivity contribution in [1.82, 2.24) is 4.98 Å². The van der Waals surface area contributed by atoms with E-state index in [1.54, 1.807) is 6.20 Å². The smallest absolute Gasteiger partial charge is 0.312 e. The van der Waals surface area contributed by atoms with Crippen LogP contribution in [0.2, 0.25) is 0 Å². The van der Waals surface area contributed by atoms with Gasteiger partial charge in [-0.1, -0.05) is 12.2 Å². The van der Waals surface area contributed by atoms with Crippen molar-refractivity contribution < 1.29 is 4.92 Å². The van der Waals surface area contributed by atoms with Crippen LogP contribution in [-0.2, 0) is 0 Å². The summed E-state index contributed by atoms with van der Waals surface area (Å²) in [5.41, 5.74) is 0.00993. The Morgan fingerprint density at radius 1 is 1.56 bits per heavy atom. The van der Waals surface area contributed by atoms with E-state index in [0.717, 1.165) is 25.8 Å². The molecule has 1 unspecified atom stereocenters. The molecular weight excluding hydrogens is 298 g/mol. The lowest BCUT2D eigenvalue weighted by atomic mass is 9.94. The summed E-state index contributed by atoms with van der Waals surface area (Å²) in [7, 11) is 0. The summed E-state index contributed by atoms with van der Waals surface area (Å²) in [6.07, 6.45) is 9.14. The molecule has 1 N–H and O–H groups in total. The lowest BCUT2D eigenvalue weighted by Crippen LogP contribution is -2.16. The second-order valence-electron chi connectivity index (χ2n) is 4.31. The molecule has 0 fully saturated rings. The van der Waals surface area contributed by atoms with Crippen molar-refractivity contribution in [3.05, 3.63) is 39.0 Å². The molecule has 0 radical (unpaired) electrons. The van der Waals surface area contributed by atoms with Crippen molar-refractivity contribution in [1.29, 1.82) is 0 Å². The van der Waals surface area contributed by atoms with E-state index >= 15 is 0 Å². The van der Waals surface area contributed by atoms with Crippen LogP contribution in [0, 0.1) is 16.0 Å². The summed E-state index contributed by atoms with van der Waals surface area (Å²) in [5.74, 6) is 0.873. The first-order chi connectivity index (χ1) is 8.66. The molecule has 96 valence electrons. The Morgan fingerprint density at radius 3 is 3.06 bits per heavy atom. The Hall–Kier alpha value is -1.43. The molecule has 1 heterocycles. The van der Waals surface area contributed by atoms with Crippen LogP contribution in [-0.4, -0.2) is 16.5 Å². The predicted octanol–water partition coefficient (Wildman–Crippen LogP) is 3.52. The van der Waals surface area contributed by atoms with Crippen LogP contribution in [0.1, 0.15) is 19.3 Å². The van der Waals surface area contributed by atoms with Crippen molar-refractivity contribution in [3.8, 4) is 0 Å². The third-order valence-corrected chi connectivity index (χ3v) is 3.40. The highest BCUT2D eigenvalue weighted by molar-refractivity contribution is 9.10. The molecule has 1 aliphatic carbocycles. The standard InChI is InChI=1S/C12H14BrN3O2/c13-10-6-11(16(17)18)12(15-8-10)14-7-9-4-2-1-3-5-9/h1-2,6,8-9H,3-5,7H2,(H,14,15). The van der Waals surface area contributed by atoms with Crippen molar-refractivity contribution in [2.75, 3.05) is 11.9 Å². The van der Waals surface area contributed by atoms with Gasteiger partial charge in [0.15, 0.2) is 0 Å². The molecule has 2 rings (SSSR count). The average molecular weight is 312 g/mol. The van der Waals surface area contributed by atoms with Crippen LogP contribution in [0.25, 0.3) is 0 Å². The molecule has 1 aromatic rings. The topological polar surface area (TPSA) is 68.1 Å². The van der Waals surface area contributed by atoms with E-state index in [9.17, 15) is 10.1 Å². The van der Waals surface area contributed by atoms with Gasteiger partial charge in [0.2, 0.25) is 5.82 Å². The normalized spacial score (nSPS) is 18.6. The minimum Gasteiger partial charge on any atom is -0.364 e. The molecule has 1 atom stereocenters. The third kappa shape index (κ3) is 3.29. The quantitative estimate of drug-likeness (QED) is 0.525. The van der Waals surface area contributed by atoms with Gasteiger partial charge in [0.05, 0.1) is 4.92 Å². The fourth-order valence-electron chi connectivity index (χ4n) is 1.99. The molecule has 1 aromatic heterocycles. The van der Waals surface area contributed by atoms with Crippen molar-refractivity contribution in [2.24, 2.45) is 5.92 Å². The predicted molar refractivity (Wildman–Crippen MR) is 73.6 cm³/mol. The summed E-state index contributed by atoms with van der Waals surface area (Å²) >= 11 is 3.19. The van der Waals surface area contributed by atoms with Gasteiger partial charge in [-0.05, 0) is 41.1 Å². The van der Waals surface area contributed by atoms with Crippen molar-refractivity contribution in [2.45, 2.75) is 19.3 Å². The molecular formula is C12H14BrN3O2. The highest BCUT2D eigenvalue weighted by Crippen LogP contribution is 2.26. The molecule has 0 amide bonds. The minimum absolute atomic E-state index is 0.00993. The van der Waals surface area contributed by atoms with Gasteiger partial charge in [0.25, 0.3) is 0 Å². The van der Waals surface area contributed by atoms with E-state index in [1.165, 1.54) is 6.07 Å². The van der Waals surface area contributed by atoms with Gasteiger partial charge in [0, 0.05) is 23.3 Å². The molecule has 1 aliphatic rings. The van der Waals surface area contributed by atoms with Gasteiger partial charge >= 0.3 is 5.69 Å². The van der Waals surface area contributed by atoms with E-state index < -0.39 is 4.92 Å². The van der Waals surface area contributed by atoms with Crippen LogP contribution >= 0.6 is 15.9 Å². The van der Waals surface area contributed by atoms with E-state index in [0.29, 0.717) is 16.2 Å². The van der Waals surface area contributed by atoms with E-state index in [-0.39, 0.29) is 5.69 Å². The minimum atomic E-state index is -0.416. The van der Waals surface area contributed by atoms with Gasteiger partial charge in [-0.3, -0.25) is 10.1 Å². The number of nitro groups is 1. The Morgan fingerprint density at radius 2 is 2.39 bits per heavy atom. The number of hydrogen-bond acceptors (Lipinski definition) is 4. The van der Waals surface area contributed by atoms with Gasteiger partial charge in [-0.2, -0.15) is 0 Å². The molecule has 0 aliphatic heterocycles. The molecule has 5 nitrogen and oxygen atoms in total. The molecule has 0 saturated carbocycles. The second-order valence-corrected chi connectivity index (χ2v) is 5.23. The highest BCUT2D eigenvalue weighted by Gasteiger charge is 2.17. The number of anilines is 1. The lowest BCUT2D eigenvalue weighted by molar-refractivity contribution is -0.384. The fraction of sp³-hybridized carbons (Fsp3) is 0.417.